The van der Waals surface area contributed by atoms with Gasteiger partial charge in [0, 0.05) is 5.56 Å². The second-order valence-electron chi connectivity index (χ2n) is 7.15. The molecule has 3 rings (SSSR count). The molecule has 2 atom stereocenters. The topological polar surface area (TPSA) is 47.6 Å². The number of nitrogens with one attached hydrogen (secondary N) is 1. The highest BCUT2D eigenvalue weighted by Gasteiger charge is 2.60. The monoisotopic (exact) mass is 301 g/mol. The molecule has 1 aromatic rings. The minimum absolute atomic E-state index is 0.176. The van der Waals surface area contributed by atoms with E-state index in [1.807, 2.05) is 32.0 Å². The van der Waals surface area contributed by atoms with Crippen LogP contribution < -0.4 is 5.23 Å². The minimum Gasteiger partial charge on any atom is -0.384 e. The molecule has 0 aromatic heterocycles. The molecule has 1 aromatic carbocycles. The van der Waals surface area contributed by atoms with E-state index in [1.165, 1.54) is 12.8 Å². The van der Waals surface area contributed by atoms with Crippen LogP contribution >= 0.6 is 0 Å². The van der Waals surface area contributed by atoms with E-state index in [0.29, 0.717) is 17.4 Å². The lowest BCUT2D eigenvalue weighted by Crippen LogP contribution is -2.50. The van der Waals surface area contributed by atoms with E-state index in [0.717, 1.165) is 0 Å². The fourth-order valence-electron chi connectivity index (χ4n) is 3.31. The number of benzene rings is 1. The van der Waals surface area contributed by atoms with Crippen LogP contribution in [-0.4, -0.2) is 24.4 Å². The summed E-state index contributed by atoms with van der Waals surface area (Å²) >= 11 is 0. The van der Waals surface area contributed by atoms with E-state index in [2.05, 4.69) is 19.1 Å². The van der Waals surface area contributed by atoms with Gasteiger partial charge in [0.15, 0.2) is 0 Å². The van der Waals surface area contributed by atoms with Crippen LogP contribution in [0, 0.1) is 11.8 Å². The number of hydrogen-bond donors (Lipinski definition) is 1. The standard InChI is InChI=1S/C17H24BNO3/c1-12(13-10-11-13)17(4)16(2,3)21-18(22-17)19-15(20)14-8-6-5-7-9-14/h5-9,12-13H,10-11H2,1-4H3,(H,19,20). The van der Waals surface area contributed by atoms with Crippen LogP contribution in [-0.2, 0) is 9.31 Å². The molecule has 1 aliphatic carbocycles. The summed E-state index contributed by atoms with van der Waals surface area (Å²) in [5.74, 6) is 0.933. The molecule has 0 bridgehead atoms. The molecule has 2 fully saturated rings. The molecule has 5 heteroatoms. The summed E-state index contributed by atoms with van der Waals surface area (Å²) in [5, 5.41) is 2.84. The van der Waals surface area contributed by atoms with Gasteiger partial charge in [0.05, 0.1) is 11.2 Å². The molecule has 1 N–H and O–H groups in total. The second kappa shape index (κ2) is 5.39. The molecule has 2 unspecified atom stereocenters. The normalized spacial score (nSPS) is 28.5. The Bertz CT molecular complexity index is 558. The van der Waals surface area contributed by atoms with Crippen molar-refractivity contribution in [2.45, 2.75) is 51.7 Å². The Morgan fingerprint density at radius 2 is 1.86 bits per heavy atom. The zero-order chi connectivity index (χ0) is 16.0. The van der Waals surface area contributed by atoms with E-state index in [-0.39, 0.29) is 5.91 Å². The highest BCUT2D eigenvalue weighted by molar-refractivity contribution is 6.47. The van der Waals surface area contributed by atoms with Crippen LogP contribution in [0.15, 0.2) is 30.3 Å². The van der Waals surface area contributed by atoms with Gasteiger partial charge in [0.25, 0.3) is 0 Å². The lowest BCUT2D eigenvalue weighted by molar-refractivity contribution is -0.0555. The number of carbonyl (C=O) groups is 1. The van der Waals surface area contributed by atoms with Gasteiger partial charge in [0.2, 0.25) is 5.91 Å². The first-order chi connectivity index (χ1) is 10.3. The molecule has 2 aliphatic rings. The summed E-state index contributed by atoms with van der Waals surface area (Å²) in [6, 6.07) is 9.13. The Labute approximate surface area is 132 Å². The summed E-state index contributed by atoms with van der Waals surface area (Å²) in [7, 11) is -0.700. The largest absolute Gasteiger partial charge is 0.594 e. The average Bonchev–Trinajstić information content (AvgIpc) is 3.27. The Morgan fingerprint density at radius 3 is 2.45 bits per heavy atom. The van der Waals surface area contributed by atoms with Crippen molar-refractivity contribution in [3.63, 3.8) is 0 Å². The average molecular weight is 301 g/mol. The van der Waals surface area contributed by atoms with Crippen molar-refractivity contribution in [1.29, 1.82) is 0 Å². The third-order valence-electron chi connectivity index (χ3n) is 5.43. The summed E-state index contributed by atoms with van der Waals surface area (Å²) in [4.78, 5) is 12.3. The molecular formula is C17H24BNO3. The van der Waals surface area contributed by atoms with Crippen molar-refractivity contribution < 1.29 is 14.1 Å². The molecule has 118 valence electrons. The highest BCUT2D eigenvalue weighted by Crippen LogP contribution is 2.50. The van der Waals surface area contributed by atoms with Crippen LogP contribution in [0.5, 0.6) is 0 Å². The fourth-order valence-corrected chi connectivity index (χ4v) is 3.31. The molecule has 0 radical (unpaired) electrons. The van der Waals surface area contributed by atoms with Gasteiger partial charge < -0.3 is 14.5 Å². The van der Waals surface area contributed by atoms with Crippen LogP contribution in [0.3, 0.4) is 0 Å². The third-order valence-corrected chi connectivity index (χ3v) is 5.43. The van der Waals surface area contributed by atoms with E-state index in [9.17, 15) is 4.79 Å². The van der Waals surface area contributed by atoms with E-state index in [4.69, 9.17) is 9.31 Å². The van der Waals surface area contributed by atoms with Gasteiger partial charge >= 0.3 is 7.25 Å². The second-order valence-corrected chi connectivity index (χ2v) is 7.15. The van der Waals surface area contributed by atoms with Gasteiger partial charge in [-0.2, -0.15) is 0 Å². The Kier molecular flexibility index (Phi) is 3.81. The van der Waals surface area contributed by atoms with Crippen molar-refractivity contribution >= 4 is 13.2 Å². The van der Waals surface area contributed by atoms with E-state index < -0.39 is 18.5 Å². The number of hydrogen-bond acceptors (Lipinski definition) is 3. The molecule has 1 heterocycles. The fraction of sp³-hybridized carbons (Fsp3) is 0.588. The van der Waals surface area contributed by atoms with Crippen molar-refractivity contribution in [2.24, 2.45) is 11.8 Å². The Morgan fingerprint density at radius 1 is 1.23 bits per heavy atom. The van der Waals surface area contributed by atoms with Crippen LogP contribution in [0.25, 0.3) is 0 Å². The maximum absolute atomic E-state index is 12.3. The summed E-state index contributed by atoms with van der Waals surface area (Å²) in [6.45, 7) is 8.41. The van der Waals surface area contributed by atoms with Gasteiger partial charge in [-0.3, -0.25) is 4.79 Å². The van der Waals surface area contributed by atoms with Gasteiger partial charge in [-0.25, -0.2) is 0 Å². The Balaban J connectivity index is 1.71. The van der Waals surface area contributed by atoms with Gasteiger partial charge in [0.1, 0.15) is 0 Å². The maximum Gasteiger partial charge on any atom is 0.594 e. The molecule has 1 saturated heterocycles. The molecular weight excluding hydrogens is 277 g/mol. The van der Waals surface area contributed by atoms with E-state index >= 15 is 0 Å². The Hall–Kier alpha value is -1.33. The van der Waals surface area contributed by atoms with Gasteiger partial charge in [-0.05, 0) is 57.6 Å². The molecule has 1 saturated carbocycles. The highest BCUT2D eigenvalue weighted by atomic mass is 16.7. The quantitative estimate of drug-likeness (QED) is 0.870. The predicted octanol–water partition coefficient (Wildman–Crippen LogP) is 3.03. The molecule has 4 nitrogen and oxygen atoms in total. The minimum atomic E-state index is -0.700. The SMILES string of the molecule is CC(C1CC1)C1(C)OB(NC(=O)c2ccccc2)OC1(C)C. The molecule has 1 aliphatic heterocycles. The number of carbonyl (C=O) groups excluding carboxylic acids is 1. The van der Waals surface area contributed by atoms with Gasteiger partial charge in [-0.1, -0.05) is 25.1 Å². The number of amides is 1. The van der Waals surface area contributed by atoms with Crippen LogP contribution in [0.4, 0.5) is 0 Å². The lowest BCUT2D eigenvalue weighted by atomic mass is 9.75. The van der Waals surface area contributed by atoms with Crippen molar-refractivity contribution in [2.75, 3.05) is 0 Å². The zero-order valence-corrected chi connectivity index (χ0v) is 13.8. The smallest absolute Gasteiger partial charge is 0.384 e. The summed E-state index contributed by atoms with van der Waals surface area (Å²) < 4.78 is 12.2. The molecule has 0 spiro atoms. The number of rotatable bonds is 4. The maximum atomic E-state index is 12.3. The third kappa shape index (κ3) is 2.68. The molecule has 22 heavy (non-hydrogen) atoms. The zero-order valence-electron chi connectivity index (χ0n) is 13.8. The first-order valence-corrected chi connectivity index (χ1v) is 8.05. The first-order valence-electron chi connectivity index (χ1n) is 8.05. The van der Waals surface area contributed by atoms with Crippen molar-refractivity contribution in [3.8, 4) is 0 Å². The van der Waals surface area contributed by atoms with E-state index in [1.54, 1.807) is 12.1 Å². The lowest BCUT2D eigenvalue weighted by Gasteiger charge is -2.41. The summed E-state index contributed by atoms with van der Waals surface area (Å²) in [5.41, 5.74) is -0.233. The van der Waals surface area contributed by atoms with Gasteiger partial charge in [-0.15, -0.1) is 0 Å². The first kappa shape index (κ1) is 15.6. The van der Waals surface area contributed by atoms with Crippen molar-refractivity contribution in [3.05, 3.63) is 35.9 Å². The molecule has 1 amide bonds. The predicted molar refractivity (Wildman–Crippen MR) is 86.2 cm³/mol. The van der Waals surface area contributed by atoms with Crippen molar-refractivity contribution in [1.82, 2.24) is 5.23 Å². The summed E-state index contributed by atoms with van der Waals surface area (Å²) in [6.07, 6.45) is 2.52. The van der Waals surface area contributed by atoms with Crippen LogP contribution in [0.2, 0.25) is 0 Å². The van der Waals surface area contributed by atoms with Crippen LogP contribution in [0.1, 0.15) is 50.9 Å².